The molecule has 0 aliphatic rings. The predicted molar refractivity (Wildman–Crippen MR) is 55.9 cm³/mol. The highest BCUT2D eigenvalue weighted by molar-refractivity contribution is 5.05. The molecule has 2 unspecified atom stereocenters. The van der Waals surface area contributed by atoms with E-state index in [2.05, 4.69) is 24.1 Å². The van der Waals surface area contributed by atoms with E-state index in [1.165, 1.54) is 0 Å². The Hall–Kier alpha value is -0.870. The second-order valence-corrected chi connectivity index (χ2v) is 3.64. The first kappa shape index (κ1) is 11.2. The first-order chi connectivity index (χ1) is 6.69. The number of imidazole rings is 1. The molecule has 2 atom stereocenters. The number of rotatable bonds is 5. The average Bonchev–Trinajstić information content (AvgIpc) is 2.60. The molecule has 1 heterocycles. The monoisotopic (exact) mass is 197 g/mol. The van der Waals surface area contributed by atoms with E-state index >= 15 is 0 Å². The summed E-state index contributed by atoms with van der Waals surface area (Å²) in [6, 6.07) is 0.388. The molecule has 0 aliphatic carbocycles. The number of aliphatic hydroxyl groups excluding tert-OH is 1. The molecule has 2 N–H and O–H groups in total. The summed E-state index contributed by atoms with van der Waals surface area (Å²) in [5, 5.41) is 12.6. The van der Waals surface area contributed by atoms with Gasteiger partial charge in [0, 0.05) is 19.3 Å². The molecule has 0 aliphatic heterocycles. The van der Waals surface area contributed by atoms with Crippen molar-refractivity contribution in [3.63, 3.8) is 0 Å². The van der Waals surface area contributed by atoms with Crippen molar-refractivity contribution in [3.05, 3.63) is 18.2 Å². The van der Waals surface area contributed by atoms with Gasteiger partial charge in [-0.1, -0.05) is 6.92 Å². The fourth-order valence-electron chi connectivity index (χ4n) is 1.40. The second kappa shape index (κ2) is 5.12. The molecule has 1 aromatic heterocycles. The second-order valence-electron chi connectivity index (χ2n) is 3.64. The Morgan fingerprint density at radius 3 is 2.79 bits per heavy atom. The highest BCUT2D eigenvalue weighted by atomic mass is 16.3. The molecule has 4 heteroatoms. The third-order valence-corrected chi connectivity index (χ3v) is 2.49. The SMILES string of the molecule is CCC(C)NC(CO)c1cncn1C. The van der Waals surface area contributed by atoms with Gasteiger partial charge in [0.15, 0.2) is 0 Å². The molecule has 4 nitrogen and oxygen atoms in total. The van der Waals surface area contributed by atoms with Gasteiger partial charge in [-0.3, -0.25) is 0 Å². The van der Waals surface area contributed by atoms with Crippen molar-refractivity contribution < 1.29 is 5.11 Å². The number of aromatic nitrogens is 2. The summed E-state index contributed by atoms with van der Waals surface area (Å²) in [6.45, 7) is 4.33. The molecule has 1 rings (SSSR count). The largest absolute Gasteiger partial charge is 0.394 e. The Balaban J connectivity index is 2.67. The molecule has 0 aromatic carbocycles. The van der Waals surface area contributed by atoms with E-state index in [9.17, 15) is 5.11 Å². The number of hydrogen-bond donors (Lipinski definition) is 2. The molecule has 0 bridgehead atoms. The standard InChI is InChI=1S/C10H19N3O/c1-4-8(2)12-9(6-14)10-5-11-7-13(10)3/h5,7-9,12,14H,4,6H2,1-3H3. The van der Waals surface area contributed by atoms with E-state index in [1.807, 2.05) is 11.6 Å². The molecule has 0 saturated carbocycles. The molecular formula is C10H19N3O. The fourth-order valence-corrected chi connectivity index (χ4v) is 1.40. The van der Waals surface area contributed by atoms with Gasteiger partial charge < -0.3 is 15.0 Å². The Labute approximate surface area is 85.0 Å². The van der Waals surface area contributed by atoms with Gasteiger partial charge in [-0.25, -0.2) is 4.98 Å². The van der Waals surface area contributed by atoms with Crippen molar-refractivity contribution in [1.82, 2.24) is 14.9 Å². The highest BCUT2D eigenvalue weighted by Crippen LogP contribution is 2.11. The lowest BCUT2D eigenvalue weighted by atomic mass is 10.2. The number of aliphatic hydroxyl groups is 1. The summed E-state index contributed by atoms with van der Waals surface area (Å²) in [6.07, 6.45) is 4.58. The van der Waals surface area contributed by atoms with Crippen LogP contribution in [0.5, 0.6) is 0 Å². The maximum absolute atomic E-state index is 9.26. The maximum Gasteiger partial charge on any atom is 0.0946 e. The number of hydrogen-bond acceptors (Lipinski definition) is 3. The van der Waals surface area contributed by atoms with Crippen LogP contribution >= 0.6 is 0 Å². The van der Waals surface area contributed by atoms with Gasteiger partial charge in [0.25, 0.3) is 0 Å². The molecule has 0 fully saturated rings. The lowest BCUT2D eigenvalue weighted by molar-refractivity contribution is 0.229. The predicted octanol–water partition coefficient (Wildman–Crippen LogP) is 0.842. The van der Waals surface area contributed by atoms with Crippen LogP contribution in [0, 0.1) is 0 Å². The van der Waals surface area contributed by atoms with Gasteiger partial charge in [0.05, 0.1) is 24.7 Å². The Morgan fingerprint density at radius 1 is 1.64 bits per heavy atom. The summed E-state index contributed by atoms with van der Waals surface area (Å²) >= 11 is 0. The van der Waals surface area contributed by atoms with Crippen molar-refractivity contribution in [2.45, 2.75) is 32.4 Å². The molecule has 0 radical (unpaired) electrons. The van der Waals surface area contributed by atoms with Gasteiger partial charge in [-0.15, -0.1) is 0 Å². The van der Waals surface area contributed by atoms with Crippen LogP contribution in [-0.4, -0.2) is 27.3 Å². The van der Waals surface area contributed by atoms with Crippen LogP contribution < -0.4 is 5.32 Å². The summed E-state index contributed by atoms with van der Waals surface area (Å²) in [5.41, 5.74) is 1.02. The molecular weight excluding hydrogens is 178 g/mol. The van der Waals surface area contributed by atoms with Gasteiger partial charge in [-0.05, 0) is 13.3 Å². The van der Waals surface area contributed by atoms with E-state index in [4.69, 9.17) is 0 Å². The zero-order chi connectivity index (χ0) is 10.6. The highest BCUT2D eigenvalue weighted by Gasteiger charge is 2.14. The van der Waals surface area contributed by atoms with Crippen LogP contribution in [0.2, 0.25) is 0 Å². The van der Waals surface area contributed by atoms with Crippen LogP contribution in [0.15, 0.2) is 12.5 Å². The number of nitrogens with one attached hydrogen (secondary N) is 1. The Bertz CT molecular complexity index is 272. The first-order valence-electron chi connectivity index (χ1n) is 5.02. The fraction of sp³-hybridized carbons (Fsp3) is 0.700. The lowest BCUT2D eigenvalue weighted by Crippen LogP contribution is -2.33. The zero-order valence-electron chi connectivity index (χ0n) is 9.07. The summed E-state index contributed by atoms with van der Waals surface area (Å²) in [4.78, 5) is 4.04. The molecule has 0 saturated heterocycles. The van der Waals surface area contributed by atoms with Crippen molar-refractivity contribution >= 4 is 0 Å². The van der Waals surface area contributed by atoms with Crippen LogP contribution in [-0.2, 0) is 7.05 Å². The minimum absolute atomic E-state index is 0.0163. The van der Waals surface area contributed by atoms with Gasteiger partial charge in [-0.2, -0.15) is 0 Å². The summed E-state index contributed by atoms with van der Waals surface area (Å²) in [5.74, 6) is 0. The van der Waals surface area contributed by atoms with E-state index < -0.39 is 0 Å². The van der Waals surface area contributed by atoms with E-state index in [-0.39, 0.29) is 12.6 Å². The van der Waals surface area contributed by atoms with Gasteiger partial charge in [0.2, 0.25) is 0 Å². The van der Waals surface area contributed by atoms with E-state index in [0.29, 0.717) is 6.04 Å². The van der Waals surface area contributed by atoms with E-state index in [1.54, 1.807) is 12.5 Å². The minimum atomic E-state index is -0.0163. The average molecular weight is 197 g/mol. The maximum atomic E-state index is 9.26. The molecule has 0 amide bonds. The van der Waals surface area contributed by atoms with Crippen LogP contribution in [0.1, 0.15) is 32.0 Å². The van der Waals surface area contributed by atoms with Crippen molar-refractivity contribution in [2.75, 3.05) is 6.61 Å². The minimum Gasteiger partial charge on any atom is -0.394 e. The molecule has 14 heavy (non-hydrogen) atoms. The summed E-state index contributed by atoms with van der Waals surface area (Å²) in [7, 11) is 1.93. The van der Waals surface area contributed by atoms with Gasteiger partial charge >= 0.3 is 0 Å². The normalized spacial score (nSPS) is 15.4. The Morgan fingerprint density at radius 2 is 2.36 bits per heavy atom. The lowest BCUT2D eigenvalue weighted by Gasteiger charge is -2.20. The number of nitrogens with zero attached hydrogens (tertiary/aromatic N) is 2. The van der Waals surface area contributed by atoms with Crippen LogP contribution in [0.4, 0.5) is 0 Å². The van der Waals surface area contributed by atoms with Gasteiger partial charge in [0.1, 0.15) is 0 Å². The third kappa shape index (κ3) is 2.56. The smallest absolute Gasteiger partial charge is 0.0946 e. The first-order valence-corrected chi connectivity index (χ1v) is 5.02. The van der Waals surface area contributed by atoms with Crippen molar-refractivity contribution in [3.8, 4) is 0 Å². The van der Waals surface area contributed by atoms with Crippen molar-refractivity contribution in [1.29, 1.82) is 0 Å². The zero-order valence-corrected chi connectivity index (χ0v) is 9.07. The summed E-state index contributed by atoms with van der Waals surface area (Å²) < 4.78 is 1.93. The molecule has 80 valence electrons. The molecule has 0 spiro atoms. The topological polar surface area (TPSA) is 50.1 Å². The van der Waals surface area contributed by atoms with Crippen LogP contribution in [0.3, 0.4) is 0 Å². The van der Waals surface area contributed by atoms with Crippen LogP contribution in [0.25, 0.3) is 0 Å². The van der Waals surface area contributed by atoms with Crippen molar-refractivity contribution in [2.24, 2.45) is 7.05 Å². The third-order valence-electron chi connectivity index (χ3n) is 2.49. The van der Waals surface area contributed by atoms with E-state index in [0.717, 1.165) is 12.1 Å². The quantitative estimate of drug-likeness (QED) is 0.735. The Kier molecular flexibility index (Phi) is 4.10. The molecule has 1 aromatic rings. The number of aryl methyl sites for hydroxylation is 1.